The van der Waals surface area contributed by atoms with Crippen molar-refractivity contribution >= 4 is 11.0 Å². The number of aryl methyl sites for hydroxylation is 1. The van der Waals surface area contributed by atoms with Crippen molar-refractivity contribution in [1.29, 1.82) is 0 Å². The fourth-order valence-corrected chi connectivity index (χ4v) is 2.12. The fraction of sp³-hybridized carbons (Fsp3) is 0.417. The second kappa shape index (κ2) is 3.88. The third-order valence-corrected chi connectivity index (χ3v) is 2.98. The minimum atomic E-state index is 0.0739. The van der Waals surface area contributed by atoms with Gasteiger partial charge >= 0.3 is 0 Å². The van der Waals surface area contributed by atoms with Crippen molar-refractivity contribution in [3.8, 4) is 0 Å². The Morgan fingerprint density at radius 3 is 3.19 bits per heavy atom. The summed E-state index contributed by atoms with van der Waals surface area (Å²) in [4.78, 5) is 0. The van der Waals surface area contributed by atoms with Gasteiger partial charge in [-0.3, -0.25) is 0 Å². The highest BCUT2D eigenvalue weighted by atomic mass is 16.5. The summed E-state index contributed by atoms with van der Waals surface area (Å²) in [6.07, 6.45) is 0.0739. The van der Waals surface area contributed by atoms with Gasteiger partial charge in [0, 0.05) is 24.0 Å². The van der Waals surface area contributed by atoms with Crippen LogP contribution in [-0.2, 0) is 4.74 Å². The second-order valence-electron chi connectivity index (χ2n) is 4.06. The normalized spacial score (nSPS) is 21.4. The predicted octanol–water partition coefficient (Wildman–Crippen LogP) is 1.80. The lowest BCUT2D eigenvalue weighted by Crippen LogP contribution is -2.33. The summed E-state index contributed by atoms with van der Waals surface area (Å²) in [5, 5.41) is 8.39. The summed E-state index contributed by atoms with van der Waals surface area (Å²) in [5.41, 5.74) is 2.87. The van der Waals surface area contributed by atoms with E-state index >= 15 is 0 Å². The van der Waals surface area contributed by atoms with E-state index in [4.69, 9.17) is 9.26 Å². The average Bonchev–Trinajstić information content (AvgIpc) is 2.73. The Hall–Kier alpha value is -1.39. The molecule has 1 fully saturated rings. The SMILES string of the molecule is Cc1noc2c(C3CNCCO3)cccc12. The van der Waals surface area contributed by atoms with Crippen LogP contribution in [0.4, 0.5) is 0 Å². The van der Waals surface area contributed by atoms with E-state index in [0.717, 1.165) is 41.9 Å². The van der Waals surface area contributed by atoms with Crippen molar-refractivity contribution < 1.29 is 9.26 Å². The van der Waals surface area contributed by atoms with E-state index in [1.165, 1.54) is 0 Å². The van der Waals surface area contributed by atoms with Crippen LogP contribution in [0.2, 0.25) is 0 Å². The number of hydrogen-bond acceptors (Lipinski definition) is 4. The van der Waals surface area contributed by atoms with Crippen LogP contribution in [0, 0.1) is 6.92 Å². The molecule has 4 heteroatoms. The van der Waals surface area contributed by atoms with Crippen LogP contribution in [0.15, 0.2) is 22.7 Å². The molecule has 3 rings (SSSR count). The topological polar surface area (TPSA) is 47.3 Å². The Balaban J connectivity index is 2.08. The highest BCUT2D eigenvalue weighted by Crippen LogP contribution is 2.28. The van der Waals surface area contributed by atoms with Crippen molar-refractivity contribution in [2.24, 2.45) is 0 Å². The number of para-hydroxylation sites is 1. The molecule has 4 nitrogen and oxygen atoms in total. The van der Waals surface area contributed by atoms with Gasteiger partial charge in [-0.1, -0.05) is 17.3 Å². The van der Waals surface area contributed by atoms with Gasteiger partial charge in [0.05, 0.1) is 18.4 Å². The van der Waals surface area contributed by atoms with Crippen LogP contribution in [-0.4, -0.2) is 24.9 Å². The number of fused-ring (bicyclic) bond motifs is 1. The second-order valence-corrected chi connectivity index (χ2v) is 4.06. The molecule has 16 heavy (non-hydrogen) atoms. The van der Waals surface area contributed by atoms with Crippen LogP contribution < -0.4 is 5.32 Å². The number of benzene rings is 1. The lowest BCUT2D eigenvalue weighted by atomic mass is 10.0. The fourth-order valence-electron chi connectivity index (χ4n) is 2.12. The van der Waals surface area contributed by atoms with Gasteiger partial charge in [0.25, 0.3) is 0 Å². The third kappa shape index (κ3) is 1.50. The predicted molar refractivity (Wildman–Crippen MR) is 60.3 cm³/mol. The summed E-state index contributed by atoms with van der Waals surface area (Å²) in [7, 11) is 0. The zero-order chi connectivity index (χ0) is 11.0. The molecule has 0 aliphatic carbocycles. The number of ether oxygens (including phenoxy) is 1. The zero-order valence-corrected chi connectivity index (χ0v) is 9.19. The molecule has 1 aromatic heterocycles. The molecule has 1 unspecified atom stereocenters. The first-order valence-electron chi connectivity index (χ1n) is 5.53. The standard InChI is InChI=1S/C12H14N2O2/c1-8-9-3-2-4-10(12(9)16-14-8)11-7-13-5-6-15-11/h2-4,11,13H,5-7H2,1H3. The lowest BCUT2D eigenvalue weighted by molar-refractivity contribution is 0.0279. The van der Waals surface area contributed by atoms with Gasteiger partial charge < -0.3 is 14.6 Å². The van der Waals surface area contributed by atoms with Crippen LogP contribution in [0.25, 0.3) is 11.0 Å². The Morgan fingerprint density at radius 1 is 1.44 bits per heavy atom. The molecule has 0 amide bonds. The quantitative estimate of drug-likeness (QED) is 0.792. The molecule has 0 radical (unpaired) electrons. The smallest absolute Gasteiger partial charge is 0.172 e. The molecule has 1 saturated heterocycles. The molecule has 0 saturated carbocycles. The maximum atomic E-state index is 5.73. The van der Waals surface area contributed by atoms with E-state index in [2.05, 4.69) is 10.5 Å². The van der Waals surface area contributed by atoms with Gasteiger partial charge in [-0.05, 0) is 13.0 Å². The van der Waals surface area contributed by atoms with Gasteiger partial charge in [0.1, 0.15) is 0 Å². The van der Waals surface area contributed by atoms with Crippen LogP contribution in [0.3, 0.4) is 0 Å². The minimum Gasteiger partial charge on any atom is -0.371 e. The number of aromatic nitrogens is 1. The number of nitrogens with one attached hydrogen (secondary N) is 1. The molecule has 1 aliphatic rings. The highest BCUT2D eigenvalue weighted by Gasteiger charge is 2.20. The van der Waals surface area contributed by atoms with Crippen LogP contribution >= 0.6 is 0 Å². The van der Waals surface area contributed by atoms with Crippen molar-refractivity contribution in [1.82, 2.24) is 10.5 Å². The zero-order valence-electron chi connectivity index (χ0n) is 9.19. The summed E-state index contributed by atoms with van der Waals surface area (Å²) in [5.74, 6) is 0. The van der Waals surface area contributed by atoms with Gasteiger partial charge in [-0.2, -0.15) is 0 Å². The molecule has 1 atom stereocenters. The molecule has 2 aromatic rings. The average molecular weight is 218 g/mol. The van der Waals surface area contributed by atoms with Gasteiger partial charge in [0.2, 0.25) is 0 Å². The molecular weight excluding hydrogens is 204 g/mol. The van der Waals surface area contributed by atoms with E-state index in [1.807, 2.05) is 25.1 Å². The van der Waals surface area contributed by atoms with Crippen LogP contribution in [0.5, 0.6) is 0 Å². The number of morpholine rings is 1. The lowest BCUT2D eigenvalue weighted by Gasteiger charge is -2.23. The number of hydrogen-bond donors (Lipinski definition) is 1. The molecule has 1 aromatic carbocycles. The van der Waals surface area contributed by atoms with E-state index in [0.29, 0.717) is 0 Å². The van der Waals surface area contributed by atoms with Crippen molar-refractivity contribution in [3.05, 3.63) is 29.5 Å². The summed E-state index contributed by atoms with van der Waals surface area (Å²) >= 11 is 0. The highest BCUT2D eigenvalue weighted by molar-refractivity contribution is 5.82. The van der Waals surface area contributed by atoms with Crippen molar-refractivity contribution in [2.45, 2.75) is 13.0 Å². The van der Waals surface area contributed by atoms with Gasteiger partial charge in [-0.25, -0.2) is 0 Å². The molecule has 1 aliphatic heterocycles. The van der Waals surface area contributed by atoms with E-state index in [1.54, 1.807) is 0 Å². The molecule has 0 spiro atoms. The van der Waals surface area contributed by atoms with Crippen molar-refractivity contribution in [3.63, 3.8) is 0 Å². The Bertz CT molecular complexity index is 501. The van der Waals surface area contributed by atoms with E-state index in [-0.39, 0.29) is 6.10 Å². The first-order chi connectivity index (χ1) is 7.86. The first kappa shape index (κ1) is 9.81. The van der Waals surface area contributed by atoms with Crippen molar-refractivity contribution in [2.75, 3.05) is 19.7 Å². The van der Waals surface area contributed by atoms with Gasteiger partial charge in [0.15, 0.2) is 5.58 Å². The monoisotopic (exact) mass is 218 g/mol. The Labute approximate surface area is 93.6 Å². The summed E-state index contributed by atoms with van der Waals surface area (Å²) in [6, 6.07) is 6.10. The Morgan fingerprint density at radius 2 is 2.38 bits per heavy atom. The van der Waals surface area contributed by atoms with Crippen LogP contribution in [0.1, 0.15) is 17.4 Å². The maximum Gasteiger partial charge on any atom is 0.172 e. The maximum absolute atomic E-state index is 5.73. The molecule has 0 bridgehead atoms. The van der Waals surface area contributed by atoms with Gasteiger partial charge in [-0.15, -0.1) is 0 Å². The number of rotatable bonds is 1. The van der Waals surface area contributed by atoms with E-state index < -0.39 is 0 Å². The molecule has 2 heterocycles. The molecule has 84 valence electrons. The molecule has 1 N–H and O–H groups in total. The molecular formula is C12H14N2O2. The number of nitrogens with zero attached hydrogens (tertiary/aromatic N) is 1. The van der Waals surface area contributed by atoms with E-state index in [9.17, 15) is 0 Å². The minimum absolute atomic E-state index is 0.0739. The first-order valence-corrected chi connectivity index (χ1v) is 5.53. The summed E-state index contributed by atoms with van der Waals surface area (Å²) < 4.78 is 11.1. The summed E-state index contributed by atoms with van der Waals surface area (Å²) in [6.45, 7) is 4.45. The largest absolute Gasteiger partial charge is 0.371 e. The Kier molecular flexibility index (Phi) is 2.38. The third-order valence-electron chi connectivity index (χ3n) is 2.98.